The van der Waals surface area contributed by atoms with Crippen LogP contribution in [0.25, 0.3) is 0 Å². The van der Waals surface area contributed by atoms with Crippen LogP contribution in [0.4, 0.5) is 4.39 Å². The maximum atomic E-state index is 13.8. The van der Waals surface area contributed by atoms with Gasteiger partial charge in [0.1, 0.15) is 5.82 Å². The van der Waals surface area contributed by atoms with Gasteiger partial charge in [-0.2, -0.15) is 0 Å². The maximum Gasteiger partial charge on any atom is 0.226 e. The van der Waals surface area contributed by atoms with Crippen molar-refractivity contribution in [2.24, 2.45) is 5.92 Å². The molecule has 3 rings (SSSR count). The number of hydrogen-bond acceptors (Lipinski definition) is 2. The zero-order valence-corrected chi connectivity index (χ0v) is 13.6. The molecule has 1 heterocycles. The fraction of sp³-hybridized carbons (Fsp3) is 0.526. The molecule has 3 nitrogen and oxygen atoms in total. The summed E-state index contributed by atoms with van der Waals surface area (Å²) in [5.74, 6) is 0.332. The molecule has 0 unspecified atom stereocenters. The van der Waals surface area contributed by atoms with E-state index >= 15 is 0 Å². The van der Waals surface area contributed by atoms with E-state index in [1.54, 1.807) is 6.07 Å². The number of allylic oxidation sites excluding steroid dienone is 2. The Morgan fingerprint density at radius 2 is 2.00 bits per heavy atom. The molecule has 4 heteroatoms. The lowest BCUT2D eigenvalue weighted by Crippen LogP contribution is -2.39. The predicted octanol–water partition coefficient (Wildman–Crippen LogP) is 3.22. The SMILES string of the molecule is O=C([C@@H]1CC=CCC1)N1CCCN(Cc2ccccc2F)CC1. The van der Waals surface area contributed by atoms with E-state index in [0.717, 1.165) is 57.4 Å². The van der Waals surface area contributed by atoms with Gasteiger partial charge in [-0.15, -0.1) is 0 Å². The summed E-state index contributed by atoms with van der Waals surface area (Å²) in [5, 5.41) is 0. The van der Waals surface area contributed by atoms with Crippen LogP contribution >= 0.6 is 0 Å². The number of halogens is 1. The first-order chi connectivity index (χ1) is 11.2. The molecule has 23 heavy (non-hydrogen) atoms. The molecule has 1 fully saturated rings. The quantitative estimate of drug-likeness (QED) is 0.800. The summed E-state index contributed by atoms with van der Waals surface area (Å²) in [7, 11) is 0. The molecule has 1 aliphatic carbocycles. The normalized spacial score (nSPS) is 22.8. The van der Waals surface area contributed by atoms with Crippen LogP contribution in [0.5, 0.6) is 0 Å². The summed E-state index contributed by atoms with van der Waals surface area (Å²) in [4.78, 5) is 16.9. The molecule has 1 amide bonds. The first kappa shape index (κ1) is 16.2. The molecule has 1 aromatic carbocycles. The third-order valence-corrected chi connectivity index (χ3v) is 4.87. The smallest absolute Gasteiger partial charge is 0.226 e. The van der Waals surface area contributed by atoms with Gasteiger partial charge in [0, 0.05) is 44.2 Å². The van der Waals surface area contributed by atoms with E-state index in [4.69, 9.17) is 0 Å². The number of carbonyl (C=O) groups excluding carboxylic acids is 1. The van der Waals surface area contributed by atoms with E-state index < -0.39 is 0 Å². The molecule has 2 aliphatic rings. The molecular formula is C19H25FN2O. The molecule has 0 N–H and O–H groups in total. The number of hydrogen-bond donors (Lipinski definition) is 0. The van der Waals surface area contributed by atoms with Gasteiger partial charge < -0.3 is 4.90 Å². The van der Waals surface area contributed by atoms with Crippen LogP contribution in [0.2, 0.25) is 0 Å². The summed E-state index contributed by atoms with van der Waals surface area (Å²) in [6, 6.07) is 6.96. The van der Waals surface area contributed by atoms with Crippen LogP contribution < -0.4 is 0 Å². The largest absolute Gasteiger partial charge is 0.341 e. The second kappa shape index (κ2) is 7.73. The fourth-order valence-corrected chi connectivity index (χ4v) is 3.49. The molecule has 1 saturated heterocycles. The summed E-state index contributed by atoms with van der Waals surface area (Å²) >= 11 is 0. The average Bonchev–Trinajstić information content (AvgIpc) is 2.83. The van der Waals surface area contributed by atoms with Crippen LogP contribution in [-0.4, -0.2) is 41.9 Å². The van der Waals surface area contributed by atoms with Crippen molar-refractivity contribution in [3.63, 3.8) is 0 Å². The van der Waals surface area contributed by atoms with Crippen LogP contribution in [-0.2, 0) is 11.3 Å². The van der Waals surface area contributed by atoms with Crippen LogP contribution in [0.1, 0.15) is 31.2 Å². The number of nitrogens with zero attached hydrogens (tertiary/aromatic N) is 2. The highest BCUT2D eigenvalue weighted by molar-refractivity contribution is 5.79. The molecule has 0 spiro atoms. The first-order valence-electron chi connectivity index (χ1n) is 8.63. The highest BCUT2D eigenvalue weighted by Gasteiger charge is 2.26. The Kier molecular flexibility index (Phi) is 5.44. The van der Waals surface area contributed by atoms with Crippen molar-refractivity contribution in [1.82, 2.24) is 9.80 Å². The van der Waals surface area contributed by atoms with Crippen molar-refractivity contribution >= 4 is 5.91 Å². The third-order valence-electron chi connectivity index (χ3n) is 4.87. The summed E-state index contributed by atoms with van der Waals surface area (Å²) in [6.07, 6.45) is 8.14. The summed E-state index contributed by atoms with van der Waals surface area (Å²) < 4.78 is 13.8. The zero-order valence-electron chi connectivity index (χ0n) is 13.6. The van der Waals surface area contributed by atoms with Gasteiger partial charge in [0.15, 0.2) is 0 Å². The van der Waals surface area contributed by atoms with E-state index in [-0.39, 0.29) is 11.7 Å². The molecule has 0 aromatic heterocycles. The van der Waals surface area contributed by atoms with Crippen molar-refractivity contribution in [3.05, 3.63) is 47.8 Å². The van der Waals surface area contributed by atoms with Crippen molar-refractivity contribution in [3.8, 4) is 0 Å². The lowest BCUT2D eigenvalue weighted by atomic mass is 9.93. The summed E-state index contributed by atoms with van der Waals surface area (Å²) in [6.45, 7) is 3.95. The Hall–Kier alpha value is -1.68. The topological polar surface area (TPSA) is 23.6 Å². The Labute approximate surface area is 137 Å². The minimum atomic E-state index is -0.140. The second-order valence-electron chi connectivity index (χ2n) is 6.53. The lowest BCUT2D eigenvalue weighted by Gasteiger charge is -2.27. The molecule has 1 aromatic rings. The first-order valence-corrected chi connectivity index (χ1v) is 8.63. The highest BCUT2D eigenvalue weighted by atomic mass is 19.1. The lowest BCUT2D eigenvalue weighted by molar-refractivity contribution is -0.135. The number of benzene rings is 1. The molecule has 1 atom stereocenters. The van der Waals surface area contributed by atoms with E-state index in [9.17, 15) is 9.18 Å². The Bertz CT molecular complexity index is 572. The molecular weight excluding hydrogens is 291 g/mol. The van der Waals surface area contributed by atoms with Gasteiger partial charge in [0.2, 0.25) is 5.91 Å². The van der Waals surface area contributed by atoms with E-state index in [2.05, 4.69) is 17.1 Å². The standard InChI is InChI=1S/C19H25FN2O/c20-18-10-5-4-9-17(18)15-21-11-6-12-22(14-13-21)19(23)16-7-2-1-3-8-16/h1-2,4-5,9-10,16H,3,6-8,11-15H2/t16-/m1/s1. The molecule has 0 saturated carbocycles. The van der Waals surface area contributed by atoms with Crippen LogP contribution in [0.15, 0.2) is 36.4 Å². The average molecular weight is 316 g/mol. The van der Waals surface area contributed by atoms with Crippen LogP contribution in [0.3, 0.4) is 0 Å². The van der Waals surface area contributed by atoms with E-state index in [1.807, 2.05) is 17.0 Å². The molecule has 0 bridgehead atoms. The van der Waals surface area contributed by atoms with Crippen molar-refractivity contribution in [2.75, 3.05) is 26.2 Å². The van der Waals surface area contributed by atoms with Crippen molar-refractivity contribution in [2.45, 2.75) is 32.2 Å². The zero-order chi connectivity index (χ0) is 16.1. The predicted molar refractivity (Wildman–Crippen MR) is 89.4 cm³/mol. The Morgan fingerprint density at radius 3 is 2.78 bits per heavy atom. The van der Waals surface area contributed by atoms with Gasteiger partial charge in [-0.3, -0.25) is 9.69 Å². The van der Waals surface area contributed by atoms with Gasteiger partial charge in [-0.05, 0) is 31.7 Å². The fourth-order valence-electron chi connectivity index (χ4n) is 3.49. The van der Waals surface area contributed by atoms with Crippen LogP contribution in [0, 0.1) is 11.7 Å². The van der Waals surface area contributed by atoms with Crippen molar-refractivity contribution in [1.29, 1.82) is 0 Å². The highest BCUT2D eigenvalue weighted by Crippen LogP contribution is 2.21. The Balaban J connectivity index is 1.55. The molecule has 0 radical (unpaired) electrons. The third kappa shape index (κ3) is 4.20. The van der Waals surface area contributed by atoms with Gasteiger partial charge in [-0.1, -0.05) is 30.4 Å². The van der Waals surface area contributed by atoms with E-state index in [1.165, 1.54) is 6.07 Å². The van der Waals surface area contributed by atoms with E-state index in [0.29, 0.717) is 12.5 Å². The van der Waals surface area contributed by atoms with Gasteiger partial charge >= 0.3 is 0 Å². The minimum Gasteiger partial charge on any atom is -0.341 e. The molecule has 1 aliphatic heterocycles. The Morgan fingerprint density at radius 1 is 1.13 bits per heavy atom. The van der Waals surface area contributed by atoms with Gasteiger partial charge in [0.05, 0.1) is 0 Å². The van der Waals surface area contributed by atoms with Crippen molar-refractivity contribution < 1.29 is 9.18 Å². The monoisotopic (exact) mass is 316 g/mol. The molecule has 124 valence electrons. The number of rotatable bonds is 3. The van der Waals surface area contributed by atoms with Gasteiger partial charge in [0.25, 0.3) is 0 Å². The maximum absolute atomic E-state index is 13.8. The summed E-state index contributed by atoms with van der Waals surface area (Å²) in [5.41, 5.74) is 0.740. The van der Waals surface area contributed by atoms with Gasteiger partial charge in [-0.25, -0.2) is 4.39 Å². The number of carbonyl (C=O) groups is 1. The second-order valence-corrected chi connectivity index (χ2v) is 6.53. The minimum absolute atomic E-state index is 0.140. The number of amides is 1.